The standard InChI is InChI=1S/C32H29ClN6OS/c33-29-25(11-10-24-28(29)31(40)39(20-37-24)19-21-6-2-1-3-7-21)41-27-18-35-26(17-36-27)38-14-12-32(13-15-38)16-22-8-4-5-9-23(22)30(32)34/h1-11,17-18,20,30H,12-16,19,34H2/t30-/m1/s1. The highest BCUT2D eigenvalue weighted by Gasteiger charge is 2.45. The van der Waals surface area contributed by atoms with Crippen molar-refractivity contribution >= 4 is 40.1 Å². The summed E-state index contributed by atoms with van der Waals surface area (Å²) in [6.07, 6.45) is 8.30. The fraction of sp³-hybridized carbons (Fsp3) is 0.250. The molecule has 2 aliphatic rings. The van der Waals surface area contributed by atoms with E-state index in [1.165, 1.54) is 22.9 Å². The Kier molecular flexibility index (Phi) is 6.77. The van der Waals surface area contributed by atoms with Gasteiger partial charge in [0.2, 0.25) is 0 Å². The molecule has 206 valence electrons. The third kappa shape index (κ3) is 4.80. The summed E-state index contributed by atoms with van der Waals surface area (Å²) in [5, 5.41) is 1.51. The summed E-state index contributed by atoms with van der Waals surface area (Å²) in [6, 6.07) is 22.2. The van der Waals surface area contributed by atoms with Crippen LogP contribution in [0, 0.1) is 5.41 Å². The van der Waals surface area contributed by atoms with Crippen LogP contribution in [-0.4, -0.2) is 32.6 Å². The van der Waals surface area contributed by atoms with Crippen LogP contribution in [0.15, 0.2) is 100 Å². The molecule has 3 aromatic carbocycles. The van der Waals surface area contributed by atoms with Gasteiger partial charge in [-0.2, -0.15) is 0 Å². The lowest BCUT2D eigenvalue weighted by Gasteiger charge is -2.42. The summed E-state index contributed by atoms with van der Waals surface area (Å²) in [4.78, 5) is 30.3. The summed E-state index contributed by atoms with van der Waals surface area (Å²) in [5.74, 6) is 0.867. The first-order valence-electron chi connectivity index (χ1n) is 13.8. The highest BCUT2D eigenvalue weighted by molar-refractivity contribution is 7.99. The van der Waals surface area contributed by atoms with Crippen molar-refractivity contribution in [3.8, 4) is 0 Å². The number of aromatic nitrogens is 4. The number of halogens is 1. The Balaban J connectivity index is 1.06. The molecule has 1 fully saturated rings. The average Bonchev–Trinajstić information content (AvgIpc) is 3.28. The van der Waals surface area contributed by atoms with Gasteiger partial charge in [-0.1, -0.05) is 78.0 Å². The number of hydrogen-bond donors (Lipinski definition) is 1. The van der Waals surface area contributed by atoms with E-state index >= 15 is 0 Å². The van der Waals surface area contributed by atoms with E-state index in [2.05, 4.69) is 39.1 Å². The molecular weight excluding hydrogens is 552 g/mol. The Morgan fingerprint density at radius 1 is 0.951 bits per heavy atom. The van der Waals surface area contributed by atoms with Crippen molar-refractivity contribution in [2.45, 2.75) is 41.8 Å². The third-order valence-electron chi connectivity index (χ3n) is 8.60. The number of anilines is 1. The van der Waals surface area contributed by atoms with Crippen LogP contribution in [0.2, 0.25) is 5.02 Å². The molecule has 1 aliphatic heterocycles. The summed E-state index contributed by atoms with van der Waals surface area (Å²) < 4.78 is 1.59. The van der Waals surface area contributed by atoms with Crippen LogP contribution in [0.3, 0.4) is 0 Å². The van der Waals surface area contributed by atoms with Crippen molar-refractivity contribution in [3.63, 3.8) is 0 Å². The molecule has 0 radical (unpaired) electrons. The number of rotatable bonds is 5. The molecule has 2 aromatic heterocycles. The molecule has 2 N–H and O–H groups in total. The van der Waals surface area contributed by atoms with Crippen molar-refractivity contribution < 1.29 is 0 Å². The first-order chi connectivity index (χ1) is 20.0. The summed E-state index contributed by atoms with van der Waals surface area (Å²) >= 11 is 8.18. The van der Waals surface area contributed by atoms with Gasteiger partial charge in [0.1, 0.15) is 10.8 Å². The van der Waals surface area contributed by atoms with Gasteiger partial charge in [-0.3, -0.25) is 9.36 Å². The van der Waals surface area contributed by atoms with Gasteiger partial charge in [0.05, 0.1) is 41.2 Å². The normalized spacial score (nSPS) is 17.7. The minimum Gasteiger partial charge on any atom is -0.355 e. The zero-order valence-corrected chi connectivity index (χ0v) is 24.0. The van der Waals surface area contributed by atoms with Crippen LogP contribution in [0.1, 0.15) is 35.6 Å². The monoisotopic (exact) mass is 580 g/mol. The van der Waals surface area contributed by atoms with Crippen molar-refractivity contribution in [3.05, 3.63) is 118 Å². The maximum Gasteiger partial charge on any atom is 0.263 e. The Hall–Kier alpha value is -3.72. The van der Waals surface area contributed by atoms with Gasteiger partial charge in [-0.05, 0) is 53.5 Å². The van der Waals surface area contributed by atoms with E-state index in [4.69, 9.17) is 22.3 Å². The molecule has 9 heteroatoms. The Morgan fingerprint density at radius 2 is 1.73 bits per heavy atom. The predicted molar refractivity (Wildman–Crippen MR) is 164 cm³/mol. The quantitative estimate of drug-likeness (QED) is 0.277. The molecule has 3 heterocycles. The number of nitrogens with zero attached hydrogens (tertiary/aromatic N) is 5. The Bertz CT molecular complexity index is 1780. The first kappa shape index (κ1) is 26.2. The molecule has 7 nitrogen and oxygen atoms in total. The lowest BCUT2D eigenvalue weighted by Crippen LogP contribution is -2.44. The second-order valence-electron chi connectivity index (χ2n) is 11.0. The Morgan fingerprint density at radius 3 is 2.49 bits per heavy atom. The van der Waals surface area contributed by atoms with E-state index in [-0.39, 0.29) is 17.0 Å². The lowest BCUT2D eigenvalue weighted by molar-refractivity contribution is 0.187. The first-order valence-corrected chi connectivity index (χ1v) is 15.0. The number of benzene rings is 3. The van der Waals surface area contributed by atoms with Crippen LogP contribution >= 0.6 is 23.4 Å². The Labute approximate surface area is 247 Å². The van der Waals surface area contributed by atoms with Gasteiger partial charge < -0.3 is 10.6 Å². The van der Waals surface area contributed by atoms with Crippen molar-refractivity contribution in [1.82, 2.24) is 19.5 Å². The van der Waals surface area contributed by atoms with E-state index in [9.17, 15) is 4.79 Å². The van der Waals surface area contributed by atoms with Gasteiger partial charge in [-0.15, -0.1) is 0 Å². The van der Waals surface area contributed by atoms with Crippen molar-refractivity contribution in [2.24, 2.45) is 11.1 Å². The summed E-state index contributed by atoms with van der Waals surface area (Å²) in [7, 11) is 0. The maximum absolute atomic E-state index is 13.3. The van der Waals surface area contributed by atoms with Gasteiger partial charge in [0.25, 0.3) is 5.56 Å². The number of hydrogen-bond acceptors (Lipinski definition) is 7. The maximum atomic E-state index is 13.3. The lowest BCUT2D eigenvalue weighted by atomic mass is 9.73. The average molecular weight is 581 g/mol. The zero-order valence-electron chi connectivity index (χ0n) is 22.4. The van der Waals surface area contributed by atoms with Gasteiger partial charge in [0, 0.05) is 24.0 Å². The molecule has 0 saturated carbocycles. The fourth-order valence-electron chi connectivity index (χ4n) is 6.28. The van der Waals surface area contributed by atoms with Crippen LogP contribution in [0.5, 0.6) is 0 Å². The smallest absolute Gasteiger partial charge is 0.263 e. The molecule has 1 atom stereocenters. The largest absolute Gasteiger partial charge is 0.355 e. The van der Waals surface area contributed by atoms with Crippen molar-refractivity contribution in [1.29, 1.82) is 0 Å². The fourth-order valence-corrected chi connectivity index (χ4v) is 7.40. The summed E-state index contributed by atoms with van der Waals surface area (Å²) in [5.41, 5.74) is 11.0. The minimum absolute atomic E-state index is 0.0927. The molecule has 5 aromatic rings. The molecule has 7 rings (SSSR count). The molecule has 41 heavy (non-hydrogen) atoms. The van der Waals surface area contributed by atoms with Gasteiger partial charge >= 0.3 is 0 Å². The molecule has 1 spiro atoms. The van der Waals surface area contributed by atoms with Crippen molar-refractivity contribution in [2.75, 3.05) is 18.0 Å². The number of nitrogens with two attached hydrogens (primary N) is 1. The molecule has 1 saturated heterocycles. The summed E-state index contributed by atoms with van der Waals surface area (Å²) in [6.45, 7) is 2.24. The van der Waals surface area contributed by atoms with Crippen LogP contribution in [0.4, 0.5) is 5.82 Å². The molecule has 0 amide bonds. The van der Waals surface area contributed by atoms with E-state index < -0.39 is 0 Å². The third-order valence-corrected chi connectivity index (χ3v) is 10.1. The predicted octanol–water partition coefficient (Wildman–Crippen LogP) is 5.88. The second-order valence-corrected chi connectivity index (χ2v) is 12.4. The molecule has 1 aliphatic carbocycles. The van der Waals surface area contributed by atoms with E-state index in [0.29, 0.717) is 27.5 Å². The zero-order chi connectivity index (χ0) is 28.0. The topological polar surface area (TPSA) is 89.9 Å². The number of piperidine rings is 1. The van der Waals surface area contributed by atoms with Crippen LogP contribution in [-0.2, 0) is 13.0 Å². The highest BCUT2D eigenvalue weighted by Crippen LogP contribution is 2.50. The minimum atomic E-state index is -0.166. The number of fused-ring (bicyclic) bond motifs is 2. The molecular formula is C32H29ClN6OS. The molecule has 0 bridgehead atoms. The van der Waals surface area contributed by atoms with E-state index in [1.54, 1.807) is 17.1 Å². The van der Waals surface area contributed by atoms with Crippen LogP contribution in [0.25, 0.3) is 10.9 Å². The van der Waals surface area contributed by atoms with E-state index in [0.717, 1.165) is 48.6 Å². The highest BCUT2D eigenvalue weighted by atomic mass is 35.5. The van der Waals surface area contributed by atoms with Gasteiger partial charge in [0.15, 0.2) is 0 Å². The SMILES string of the molecule is N[C@@H]1c2ccccc2CC12CCN(c1cnc(Sc3ccc4ncn(Cc5ccccc5)c(=O)c4c3Cl)cn1)CC2. The molecule has 0 unspecified atom stereocenters. The van der Waals surface area contributed by atoms with Gasteiger partial charge in [-0.25, -0.2) is 15.0 Å². The van der Waals surface area contributed by atoms with E-state index in [1.807, 2.05) is 48.7 Å². The second kappa shape index (κ2) is 10.6. The van der Waals surface area contributed by atoms with Crippen LogP contribution < -0.4 is 16.2 Å².